The Labute approximate surface area is 239 Å². The Balaban J connectivity index is 1.41. The van der Waals surface area contributed by atoms with Gasteiger partial charge in [0.2, 0.25) is 5.95 Å². The first-order valence-electron chi connectivity index (χ1n) is 14.2. The molecule has 6 rings (SSSR count). The molecule has 0 radical (unpaired) electrons. The second-order valence-electron chi connectivity index (χ2n) is 12.4. The summed E-state index contributed by atoms with van der Waals surface area (Å²) in [6, 6.07) is 2.02. The molecule has 1 aliphatic heterocycles. The van der Waals surface area contributed by atoms with Gasteiger partial charge in [0.15, 0.2) is 5.79 Å². The number of hydrogen-bond acceptors (Lipinski definition) is 11. The van der Waals surface area contributed by atoms with E-state index in [4.69, 9.17) is 29.2 Å². The molecule has 4 heterocycles. The predicted molar refractivity (Wildman–Crippen MR) is 156 cm³/mol. The zero-order valence-corrected chi connectivity index (χ0v) is 25.1. The van der Waals surface area contributed by atoms with Crippen LogP contribution in [0.2, 0.25) is 0 Å². The number of pyridine rings is 1. The highest BCUT2D eigenvalue weighted by molar-refractivity contribution is 7.21. The number of thiazole rings is 1. The number of nitrogens with zero attached hydrogens (tertiary/aromatic N) is 4. The van der Waals surface area contributed by atoms with E-state index in [9.17, 15) is 5.11 Å². The van der Waals surface area contributed by atoms with Gasteiger partial charge in [0.25, 0.3) is 0 Å². The number of nitrogens with one attached hydrogen (secondary N) is 2. The Morgan fingerprint density at radius 2 is 1.82 bits per heavy atom. The van der Waals surface area contributed by atoms with Gasteiger partial charge in [-0.05, 0) is 73.3 Å². The first-order chi connectivity index (χ1) is 18.9. The summed E-state index contributed by atoms with van der Waals surface area (Å²) in [6.45, 7) is 11.5. The molecular formula is C29H40N6O4S. The van der Waals surface area contributed by atoms with Crippen molar-refractivity contribution in [3.63, 3.8) is 0 Å². The van der Waals surface area contributed by atoms with Gasteiger partial charge in [0.1, 0.15) is 22.4 Å². The van der Waals surface area contributed by atoms with Crippen LogP contribution < -0.4 is 10.6 Å². The van der Waals surface area contributed by atoms with Crippen molar-refractivity contribution < 1.29 is 19.3 Å². The van der Waals surface area contributed by atoms with Crippen molar-refractivity contribution in [2.45, 2.75) is 109 Å². The van der Waals surface area contributed by atoms with Crippen LogP contribution in [0.5, 0.6) is 0 Å². The number of hydrogen-bond donors (Lipinski definition) is 3. The number of aromatic nitrogens is 4. The number of fused-ring (bicyclic) bond motifs is 2. The highest BCUT2D eigenvalue weighted by Gasteiger charge is 2.57. The summed E-state index contributed by atoms with van der Waals surface area (Å²) in [5.74, 6) is 0.429. The van der Waals surface area contributed by atoms with Crippen LogP contribution in [0.3, 0.4) is 0 Å². The zero-order valence-electron chi connectivity index (χ0n) is 24.3. The van der Waals surface area contributed by atoms with E-state index in [1.54, 1.807) is 18.4 Å². The summed E-state index contributed by atoms with van der Waals surface area (Å²) in [7, 11) is 1.76. The topological polar surface area (TPSA) is 124 Å². The Morgan fingerprint density at radius 3 is 2.55 bits per heavy atom. The lowest BCUT2D eigenvalue weighted by molar-refractivity contribution is -0.166. The fourth-order valence-electron chi connectivity index (χ4n) is 6.61. The molecule has 6 atom stereocenters. The summed E-state index contributed by atoms with van der Waals surface area (Å²) in [6.07, 6.45) is 5.30. The largest absolute Gasteiger partial charge is 0.390 e. The number of methoxy groups -OCH3 is 1. The molecule has 3 aromatic rings. The lowest BCUT2D eigenvalue weighted by Gasteiger charge is -2.31. The summed E-state index contributed by atoms with van der Waals surface area (Å²) < 4.78 is 19.5. The lowest BCUT2D eigenvalue weighted by Crippen LogP contribution is -2.39. The predicted octanol–water partition coefficient (Wildman–Crippen LogP) is 4.84. The molecule has 2 saturated carbocycles. The molecule has 0 spiro atoms. The molecule has 2 aliphatic carbocycles. The monoisotopic (exact) mass is 568 g/mol. The maximum Gasteiger partial charge on any atom is 0.225 e. The minimum atomic E-state index is -0.921. The highest BCUT2D eigenvalue weighted by Crippen LogP contribution is 2.47. The molecule has 1 saturated heterocycles. The van der Waals surface area contributed by atoms with Crippen LogP contribution >= 0.6 is 11.3 Å². The minimum absolute atomic E-state index is 0.0992. The molecule has 10 nitrogen and oxygen atoms in total. The van der Waals surface area contributed by atoms with Gasteiger partial charge < -0.3 is 30.0 Å². The number of aryl methyl sites for hydroxylation is 2. The first-order valence-corrected chi connectivity index (χ1v) is 15.0. The number of rotatable bonds is 7. The maximum atomic E-state index is 11.0. The third-order valence-corrected chi connectivity index (χ3v) is 9.60. The molecule has 40 heavy (non-hydrogen) atoms. The smallest absolute Gasteiger partial charge is 0.225 e. The van der Waals surface area contributed by atoms with E-state index >= 15 is 0 Å². The van der Waals surface area contributed by atoms with Crippen LogP contribution in [0, 0.1) is 19.8 Å². The zero-order chi connectivity index (χ0) is 28.4. The second-order valence-corrected chi connectivity index (χ2v) is 13.4. The van der Waals surface area contributed by atoms with Crippen molar-refractivity contribution >= 4 is 33.3 Å². The molecule has 3 fully saturated rings. The van der Waals surface area contributed by atoms with Crippen molar-refractivity contribution in [2.75, 3.05) is 17.7 Å². The average molecular weight is 569 g/mol. The van der Waals surface area contributed by atoms with Gasteiger partial charge >= 0.3 is 0 Å². The Morgan fingerprint density at radius 1 is 1.05 bits per heavy atom. The SMILES string of the molecule is CO[C@@H]1CCC[C@@H]1Nc1nc(C)c(-c2nc3c(C)nccc3s2)c(N[C@@H]2C[C@H](C(C)(C)O)[C@H]3OC(C)(C)O[C@H]32)n1. The fraction of sp³-hybridized carbons (Fsp3) is 0.655. The molecule has 11 heteroatoms. The van der Waals surface area contributed by atoms with E-state index in [0.717, 1.165) is 51.4 Å². The van der Waals surface area contributed by atoms with Crippen molar-refractivity contribution in [1.82, 2.24) is 19.9 Å². The summed E-state index contributed by atoms with van der Waals surface area (Å²) in [4.78, 5) is 19.3. The summed E-state index contributed by atoms with van der Waals surface area (Å²) in [5.41, 5.74) is 2.55. The normalized spacial score (nSPS) is 29.7. The molecule has 3 aliphatic rings. The molecule has 0 aromatic carbocycles. The minimum Gasteiger partial charge on any atom is -0.390 e. The average Bonchev–Trinajstić information content (AvgIpc) is 3.62. The standard InChI is InChI=1S/C29H40N6O4S/c1-14-21(26-34-22-15(2)30-12-11-20(22)40-26)25(35-27(31-14)33-17-9-8-10-19(17)37-7)32-18-13-16(28(3,4)36)23-24(18)39-29(5,6)38-23/h11-12,16-19,23-24,36H,8-10,13H2,1-7H3,(H2,31,32,33,35)/t16-,17-,18+,19+,23+,24-/m0/s1. The van der Waals surface area contributed by atoms with Gasteiger partial charge in [-0.25, -0.2) is 9.97 Å². The Hall–Kier alpha value is -2.44. The molecule has 216 valence electrons. The molecule has 0 amide bonds. The first kappa shape index (κ1) is 27.7. The number of ether oxygens (including phenoxy) is 3. The van der Waals surface area contributed by atoms with Gasteiger partial charge in [-0.2, -0.15) is 4.98 Å². The maximum absolute atomic E-state index is 11.0. The van der Waals surface area contributed by atoms with Crippen molar-refractivity contribution in [3.8, 4) is 10.6 Å². The van der Waals surface area contributed by atoms with Crippen LogP contribution in [0.25, 0.3) is 20.8 Å². The van der Waals surface area contributed by atoms with E-state index < -0.39 is 11.4 Å². The third kappa shape index (κ3) is 5.07. The van der Waals surface area contributed by atoms with E-state index in [1.165, 1.54) is 0 Å². The van der Waals surface area contributed by atoms with Crippen molar-refractivity contribution in [1.29, 1.82) is 0 Å². The van der Waals surface area contributed by atoms with E-state index in [2.05, 4.69) is 15.6 Å². The van der Waals surface area contributed by atoms with E-state index in [0.29, 0.717) is 18.2 Å². The van der Waals surface area contributed by atoms with Gasteiger partial charge in [-0.3, -0.25) is 4.98 Å². The van der Waals surface area contributed by atoms with Crippen molar-refractivity contribution in [2.24, 2.45) is 5.92 Å². The molecule has 3 aromatic heterocycles. The molecular weight excluding hydrogens is 528 g/mol. The molecule has 0 unspecified atom stereocenters. The van der Waals surface area contributed by atoms with Crippen LogP contribution in [-0.4, -0.2) is 73.9 Å². The highest BCUT2D eigenvalue weighted by atomic mass is 32.1. The Kier molecular flexibility index (Phi) is 7.02. The lowest BCUT2D eigenvalue weighted by atomic mass is 9.87. The van der Waals surface area contributed by atoms with Gasteiger partial charge in [0, 0.05) is 19.2 Å². The summed E-state index contributed by atoms with van der Waals surface area (Å²) in [5, 5.41) is 19.1. The quantitative estimate of drug-likeness (QED) is 0.365. The van der Waals surface area contributed by atoms with Crippen LogP contribution in [0.4, 0.5) is 11.8 Å². The number of anilines is 2. The second kappa shape index (κ2) is 10.1. The van der Waals surface area contributed by atoms with Gasteiger partial charge in [-0.1, -0.05) is 0 Å². The molecule has 0 bridgehead atoms. The number of aliphatic hydroxyl groups is 1. The van der Waals surface area contributed by atoms with Crippen LogP contribution in [-0.2, 0) is 14.2 Å². The van der Waals surface area contributed by atoms with Crippen molar-refractivity contribution in [3.05, 3.63) is 23.7 Å². The fourth-order valence-corrected chi connectivity index (χ4v) is 7.73. The van der Waals surface area contributed by atoms with Crippen LogP contribution in [0.1, 0.15) is 64.8 Å². The van der Waals surface area contributed by atoms with E-state index in [1.807, 2.05) is 53.8 Å². The summed E-state index contributed by atoms with van der Waals surface area (Å²) >= 11 is 1.61. The third-order valence-electron chi connectivity index (χ3n) is 8.56. The van der Waals surface area contributed by atoms with Gasteiger partial charge in [0.05, 0.1) is 51.5 Å². The Bertz CT molecular complexity index is 1410. The van der Waals surface area contributed by atoms with Gasteiger partial charge in [-0.15, -0.1) is 11.3 Å². The van der Waals surface area contributed by atoms with Crippen LogP contribution in [0.15, 0.2) is 12.3 Å². The van der Waals surface area contributed by atoms with E-state index in [-0.39, 0.29) is 36.3 Å². The molecule has 3 N–H and O–H groups in total.